The van der Waals surface area contributed by atoms with E-state index >= 15 is 0 Å². The molecule has 0 fully saturated rings. The van der Waals surface area contributed by atoms with Gasteiger partial charge in [0.1, 0.15) is 5.82 Å². The van der Waals surface area contributed by atoms with Crippen LogP contribution in [0.5, 0.6) is 0 Å². The van der Waals surface area contributed by atoms with E-state index < -0.39 is 0 Å². The summed E-state index contributed by atoms with van der Waals surface area (Å²) in [5, 5.41) is 0. The molecule has 0 heterocycles. The van der Waals surface area contributed by atoms with E-state index in [0.29, 0.717) is 25.6 Å². The van der Waals surface area contributed by atoms with Crippen molar-refractivity contribution in [3.8, 4) is 0 Å². The van der Waals surface area contributed by atoms with Crippen LogP contribution in [0.4, 0.5) is 4.39 Å². The first-order chi connectivity index (χ1) is 10.1. The van der Waals surface area contributed by atoms with Crippen molar-refractivity contribution < 1.29 is 13.9 Å². The van der Waals surface area contributed by atoms with Crippen molar-refractivity contribution in [2.45, 2.75) is 39.2 Å². The molecule has 0 atom stereocenters. The molecule has 0 aromatic heterocycles. The van der Waals surface area contributed by atoms with Crippen molar-refractivity contribution in [3.05, 3.63) is 35.6 Å². The SMILES string of the molecule is CCC(CC)N(CCOC)CC(=O)Cc1ccc(F)cc1. The maximum absolute atomic E-state index is 12.9. The highest BCUT2D eigenvalue weighted by Gasteiger charge is 2.18. The summed E-state index contributed by atoms with van der Waals surface area (Å²) in [6.07, 6.45) is 2.39. The number of nitrogens with zero attached hydrogens (tertiary/aromatic N) is 1. The molecule has 0 saturated carbocycles. The molecule has 0 unspecified atom stereocenters. The summed E-state index contributed by atoms with van der Waals surface area (Å²) >= 11 is 0. The van der Waals surface area contributed by atoms with Crippen molar-refractivity contribution in [3.63, 3.8) is 0 Å². The summed E-state index contributed by atoms with van der Waals surface area (Å²) in [5.41, 5.74) is 0.859. The Morgan fingerprint density at radius 1 is 1.24 bits per heavy atom. The number of carbonyl (C=O) groups is 1. The quantitative estimate of drug-likeness (QED) is 0.664. The smallest absolute Gasteiger partial charge is 0.151 e. The number of Topliss-reactive ketones (excluding diaryl/α,β-unsaturated/α-hetero) is 1. The third-order valence-corrected chi connectivity index (χ3v) is 3.74. The minimum absolute atomic E-state index is 0.157. The van der Waals surface area contributed by atoms with Gasteiger partial charge in [-0.3, -0.25) is 9.69 Å². The Bertz CT molecular complexity index is 415. The second-order valence-electron chi connectivity index (χ2n) is 5.28. The van der Waals surface area contributed by atoms with Crippen molar-refractivity contribution in [1.82, 2.24) is 4.90 Å². The summed E-state index contributed by atoms with van der Waals surface area (Å²) in [6.45, 7) is 6.09. The number of hydrogen-bond donors (Lipinski definition) is 0. The molecule has 21 heavy (non-hydrogen) atoms. The minimum atomic E-state index is -0.273. The van der Waals surface area contributed by atoms with Crippen molar-refractivity contribution in [1.29, 1.82) is 0 Å². The van der Waals surface area contributed by atoms with Crippen LogP contribution in [-0.4, -0.2) is 43.5 Å². The van der Waals surface area contributed by atoms with E-state index in [1.54, 1.807) is 19.2 Å². The zero-order chi connectivity index (χ0) is 15.7. The van der Waals surface area contributed by atoms with Crippen LogP contribution >= 0.6 is 0 Å². The first-order valence-corrected chi connectivity index (χ1v) is 7.59. The van der Waals surface area contributed by atoms with Gasteiger partial charge in [-0.05, 0) is 30.5 Å². The maximum atomic E-state index is 12.9. The number of ketones is 1. The molecule has 0 aliphatic heterocycles. The lowest BCUT2D eigenvalue weighted by Gasteiger charge is -2.29. The predicted molar refractivity (Wildman–Crippen MR) is 82.9 cm³/mol. The van der Waals surface area contributed by atoms with Crippen molar-refractivity contribution >= 4 is 5.78 Å². The zero-order valence-electron chi connectivity index (χ0n) is 13.3. The van der Waals surface area contributed by atoms with Gasteiger partial charge in [-0.25, -0.2) is 4.39 Å². The first-order valence-electron chi connectivity index (χ1n) is 7.59. The van der Waals surface area contributed by atoms with Crippen molar-refractivity contribution in [2.75, 3.05) is 26.8 Å². The summed E-state index contributed by atoms with van der Waals surface area (Å²) in [6, 6.07) is 6.53. The normalized spacial score (nSPS) is 11.3. The summed E-state index contributed by atoms with van der Waals surface area (Å²) in [4.78, 5) is 14.4. The molecule has 1 rings (SSSR count). The lowest BCUT2D eigenvalue weighted by molar-refractivity contribution is -0.120. The van der Waals surface area contributed by atoms with Gasteiger partial charge in [0, 0.05) is 26.1 Å². The summed E-state index contributed by atoms with van der Waals surface area (Å²) in [5.74, 6) is -0.116. The highest BCUT2D eigenvalue weighted by atomic mass is 19.1. The topological polar surface area (TPSA) is 29.5 Å². The van der Waals surface area contributed by atoms with Crippen molar-refractivity contribution in [2.24, 2.45) is 0 Å². The number of carbonyl (C=O) groups excluding carboxylic acids is 1. The van der Waals surface area contributed by atoms with Gasteiger partial charge in [-0.1, -0.05) is 26.0 Å². The molecule has 0 aliphatic carbocycles. The van der Waals surface area contributed by atoms with Crippen LogP contribution in [-0.2, 0) is 16.0 Å². The third kappa shape index (κ3) is 6.36. The van der Waals surface area contributed by atoms with E-state index in [4.69, 9.17) is 4.74 Å². The summed E-state index contributed by atoms with van der Waals surface area (Å²) in [7, 11) is 1.67. The summed E-state index contributed by atoms with van der Waals surface area (Å²) < 4.78 is 18.0. The average molecular weight is 295 g/mol. The zero-order valence-corrected chi connectivity index (χ0v) is 13.3. The van der Waals surface area contributed by atoms with Gasteiger partial charge < -0.3 is 4.74 Å². The van der Waals surface area contributed by atoms with Gasteiger partial charge >= 0.3 is 0 Å². The maximum Gasteiger partial charge on any atom is 0.151 e. The van der Waals surface area contributed by atoms with Crippen LogP contribution in [0, 0.1) is 5.82 Å². The van der Waals surface area contributed by atoms with Gasteiger partial charge in [-0.15, -0.1) is 0 Å². The van der Waals surface area contributed by atoms with Gasteiger partial charge in [-0.2, -0.15) is 0 Å². The monoisotopic (exact) mass is 295 g/mol. The molecule has 118 valence electrons. The van der Waals surface area contributed by atoms with E-state index in [9.17, 15) is 9.18 Å². The second kappa shape index (κ2) is 9.64. The van der Waals surface area contributed by atoms with Crippen LogP contribution < -0.4 is 0 Å². The van der Waals surface area contributed by atoms with Gasteiger partial charge in [0.15, 0.2) is 5.78 Å². The Morgan fingerprint density at radius 2 is 1.86 bits per heavy atom. The lowest BCUT2D eigenvalue weighted by atomic mass is 10.1. The molecule has 0 aliphatic rings. The van der Waals surface area contributed by atoms with E-state index in [1.807, 2.05) is 0 Å². The Kier molecular flexibility index (Phi) is 8.16. The lowest BCUT2D eigenvalue weighted by Crippen LogP contribution is -2.41. The highest BCUT2D eigenvalue weighted by molar-refractivity contribution is 5.82. The molecule has 0 N–H and O–H groups in total. The fourth-order valence-corrected chi connectivity index (χ4v) is 2.52. The van der Waals surface area contributed by atoms with Crippen LogP contribution in [0.25, 0.3) is 0 Å². The van der Waals surface area contributed by atoms with Crippen LogP contribution in [0.15, 0.2) is 24.3 Å². The molecule has 0 saturated heterocycles. The van der Waals surface area contributed by atoms with Gasteiger partial charge in [0.05, 0.1) is 13.2 Å². The largest absolute Gasteiger partial charge is 0.383 e. The van der Waals surface area contributed by atoms with Gasteiger partial charge in [0.25, 0.3) is 0 Å². The Labute approximate surface area is 127 Å². The molecular weight excluding hydrogens is 269 g/mol. The number of benzene rings is 1. The molecule has 1 aromatic carbocycles. The standard InChI is InChI=1S/C17H26FNO2/c1-4-16(5-2)19(10-11-21-3)13-17(20)12-14-6-8-15(18)9-7-14/h6-9,16H,4-5,10-13H2,1-3H3. The Hall–Kier alpha value is -1.26. The fraction of sp³-hybridized carbons (Fsp3) is 0.588. The van der Waals surface area contributed by atoms with E-state index in [-0.39, 0.29) is 11.6 Å². The number of halogens is 1. The predicted octanol–water partition coefficient (Wildman–Crippen LogP) is 3.07. The number of ether oxygens (including phenoxy) is 1. The van der Waals surface area contributed by atoms with Gasteiger partial charge in [0.2, 0.25) is 0 Å². The average Bonchev–Trinajstić information content (AvgIpc) is 2.48. The number of rotatable bonds is 10. The third-order valence-electron chi connectivity index (χ3n) is 3.74. The molecule has 3 nitrogen and oxygen atoms in total. The highest BCUT2D eigenvalue weighted by Crippen LogP contribution is 2.10. The Balaban J connectivity index is 2.59. The number of hydrogen-bond acceptors (Lipinski definition) is 3. The first kappa shape index (κ1) is 17.8. The molecule has 0 spiro atoms. The molecular formula is C17H26FNO2. The number of methoxy groups -OCH3 is 1. The van der Waals surface area contributed by atoms with Crippen LogP contribution in [0.2, 0.25) is 0 Å². The van der Waals surface area contributed by atoms with Crippen LogP contribution in [0.3, 0.4) is 0 Å². The van der Waals surface area contributed by atoms with E-state index in [0.717, 1.165) is 24.9 Å². The molecule has 0 radical (unpaired) electrons. The fourth-order valence-electron chi connectivity index (χ4n) is 2.52. The van der Waals surface area contributed by atoms with E-state index in [2.05, 4.69) is 18.7 Å². The molecule has 0 amide bonds. The minimum Gasteiger partial charge on any atom is -0.383 e. The molecule has 0 bridgehead atoms. The molecule has 1 aromatic rings. The Morgan fingerprint density at radius 3 is 2.38 bits per heavy atom. The molecule has 4 heteroatoms. The van der Waals surface area contributed by atoms with Crippen LogP contribution in [0.1, 0.15) is 32.3 Å². The second-order valence-corrected chi connectivity index (χ2v) is 5.28. The van der Waals surface area contributed by atoms with E-state index in [1.165, 1.54) is 12.1 Å².